The van der Waals surface area contributed by atoms with Crippen molar-refractivity contribution in [3.63, 3.8) is 0 Å². The Bertz CT molecular complexity index is 588. The minimum absolute atomic E-state index is 0.0419. The number of carbonyl (C=O) groups is 1. The van der Waals surface area contributed by atoms with Gasteiger partial charge in [-0.1, -0.05) is 12.1 Å². The SMILES string of the molecule is C[C@@H]1OCC[C@H]1C(=O)N1CCO[C@@H](c2ccc(C(F)(F)F)cc2)C1. The molecule has 1 amide bonds. The predicted molar refractivity (Wildman–Crippen MR) is 80.2 cm³/mol. The van der Waals surface area contributed by atoms with Crippen LogP contribution in [0.25, 0.3) is 0 Å². The summed E-state index contributed by atoms with van der Waals surface area (Å²) in [7, 11) is 0. The van der Waals surface area contributed by atoms with Crippen LogP contribution in [0.5, 0.6) is 0 Å². The Morgan fingerprint density at radius 2 is 1.88 bits per heavy atom. The first-order chi connectivity index (χ1) is 11.4. The second-order valence-corrected chi connectivity index (χ2v) is 6.23. The molecule has 0 aliphatic carbocycles. The van der Waals surface area contributed by atoms with Crippen LogP contribution in [0.4, 0.5) is 13.2 Å². The molecule has 0 N–H and O–H groups in total. The largest absolute Gasteiger partial charge is 0.416 e. The summed E-state index contributed by atoms with van der Waals surface area (Å²) in [6, 6.07) is 4.93. The first-order valence-corrected chi connectivity index (χ1v) is 8.05. The Balaban J connectivity index is 1.68. The lowest BCUT2D eigenvalue weighted by Gasteiger charge is -2.35. The Kier molecular flexibility index (Phi) is 4.83. The summed E-state index contributed by atoms with van der Waals surface area (Å²) in [5, 5.41) is 0. The molecule has 0 saturated carbocycles. The molecule has 24 heavy (non-hydrogen) atoms. The van der Waals surface area contributed by atoms with Crippen molar-refractivity contribution in [1.82, 2.24) is 4.90 Å². The van der Waals surface area contributed by atoms with E-state index < -0.39 is 17.8 Å². The van der Waals surface area contributed by atoms with Crippen LogP contribution in [0.1, 0.15) is 30.6 Å². The van der Waals surface area contributed by atoms with Gasteiger partial charge in [-0.05, 0) is 31.0 Å². The van der Waals surface area contributed by atoms with E-state index in [1.165, 1.54) is 12.1 Å². The van der Waals surface area contributed by atoms with Crippen molar-refractivity contribution < 1.29 is 27.4 Å². The molecule has 3 rings (SSSR count). The summed E-state index contributed by atoms with van der Waals surface area (Å²) < 4.78 is 49.0. The van der Waals surface area contributed by atoms with Crippen LogP contribution in [0.3, 0.4) is 0 Å². The second-order valence-electron chi connectivity index (χ2n) is 6.23. The van der Waals surface area contributed by atoms with Crippen LogP contribution in [0.2, 0.25) is 0 Å². The van der Waals surface area contributed by atoms with Gasteiger partial charge in [0.05, 0.1) is 30.7 Å². The first-order valence-electron chi connectivity index (χ1n) is 8.05. The third-order valence-corrected chi connectivity index (χ3v) is 4.68. The average Bonchev–Trinajstić information content (AvgIpc) is 3.00. The Hall–Kier alpha value is -1.60. The molecule has 0 aromatic heterocycles. The normalized spacial score (nSPS) is 28.2. The second kappa shape index (κ2) is 6.72. The molecule has 0 bridgehead atoms. The van der Waals surface area contributed by atoms with E-state index in [1.807, 2.05) is 6.92 Å². The third kappa shape index (κ3) is 3.57. The van der Waals surface area contributed by atoms with Crippen molar-refractivity contribution in [3.05, 3.63) is 35.4 Å². The highest BCUT2D eigenvalue weighted by molar-refractivity contribution is 5.79. The highest BCUT2D eigenvalue weighted by Crippen LogP contribution is 2.32. The quantitative estimate of drug-likeness (QED) is 0.829. The number of morpholine rings is 1. The summed E-state index contributed by atoms with van der Waals surface area (Å²) in [6.07, 6.45) is -4.14. The highest BCUT2D eigenvalue weighted by Gasteiger charge is 2.36. The van der Waals surface area contributed by atoms with Crippen molar-refractivity contribution in [2.24, 2.45) is 5.92 Å². The summed E-state index contributed by atoms with van der Waals surface area (Å²) in [6.45, 7) is 3.71. The molecule has 0 radical (unpaired) electrons. The Morgan fingerprint density at radius 3 is 2.46 bits per heavy atom. The smallest absolute Gasteiger partial charge is 0.378 e. The molecule has 132 valence electrons. The van der Waals surface area contributed by atoms with Crippen LogP contribution in [-0.4, -0.2) is 43.2 Å². The molecule has 2 aliphatic heterocycles. The molecule has 2 fully saturated rings. The van der Waals surface area contributed by atoms with Crippen LogP contribution < -0.4 is 0 Å². The third-order valence-electron chi connectivity index (χ3n) is 4.68. The van der Waals surface area contributed by atoms with E-state index in [9.17, 15) is 18.0 Å². The number of hydrogen-bond acceptors (Lipinski definition) is 3. The molecule has 1 aromatic rings. The summed E-state index contributed by atoms with van der Waals surface area (Å²) in [5.74, 6) is -0.100. The zero-order valence-corrected chi connectivity index (χ0v) is 13.4. The van der Waals surface area contributed by atoms with Gasteiger partial charge in [0, 0.05) is 13.2 Å². The fraction of sp³-hybridized carbons (Fsp3) is 0.588. The van der Waals surface area contributed by atoms with E-state index in [2.05, 4.69) is 0 Å². The van der Waals surface area contributed by atoms with Crippen molar-refractivity contribution in [1.29, 1.82) is 0 Å². The van der Waals surface area contributed by atoms with Crippen LogP contribution in [-0.2, 0) is 20.4 Å². The van der Waals surface area contributed by atoms with Gasteiger partial charge in [-0.3, -0.25) is 4.79 Å². The standard InChI is InChI=1S/C17H20F3NO3/c1-11-14(6-8-23-11)16(22)21-7-9-24-15(10-21)12-2-4-13(5-3-12)17(18,19)20/h2-5,11,14-15H,6-10H2,1H3/t11-,14+,15+/m0/s1. The molecule has 3 atom stereocenters. The molecule has 7 heteroatoms. The van der Waals surface area contributed by atoms with Gasteiger partial charge in [0.25, 0.3) is 0 Å². The molecule has 2 heterocycles. The van der Waals surface area contributed by atoms with Gasteiger partial charge in [0.1, 0.15) is 6.10 Å². The summed E-state index contributed by atoms with van der Waals surface area (Å²) in [5.41, 5.74) is -0.0388. The molecular weight excluding hydrogens is 323 g/mol. The Morgan fingerprint density at radius 1 is 1.17 bits per heavy atom. The van der Waals surface area contributed by atoms with Gasteiger partial charge < -0.3 is 14.4 Å². The summed E-state index contributed by atoms with van der Waals surface area (Å²) >= 11 is 0. The maximum atomic E-state index is 12.6. The van der Waals surface area contributed by atoms with Crippen LogP contribution in [0.15, 0.2) is 24.3 Å². The number of halogens is 3. The predicted octanol–water partition coefficient (Wildman–Crippen LogP) is 3.03. The maximum absolute atomic E-state index is 12.6. The number of carbonyl (C=O) groups excluding carboxylic acids is 1. The average molecular weight is 343 g/mol. The van der Waals surface area contributed by atoms with Gasteiger partial charge in [-0.2, -0.15) is 13.2 Å². The van der Waals surface area contributed by atoms with Crippen molar-refractivity contribution in [2.75, 3.05) is 26.3 Å². The molecule has 0 unspecified atom stereocenters. The van der Waals surface area contributed by atoms with Crippen molar-refractivity contribution in [3.8, 4) is 0 Å². The number of ether oxygens (including phenoxy) is 2. The van der Waals surface area contributed by atoms with Crippen molar-refractivity contribution >= 4 is 5.91 Å². The number of rotatable bonds is 2. The fourth-order valence-corrected chi connectivity index (χ4v) is 3.23. The Labute approximate surface area is 138 Å². The first kappa shape index (κ1) is 17.2. The monoisotopic (exact) mass is 343 g/mol. The van der Waals surface area contributed by atoms with Crippen LogP contribution in [0, 0.1) is 5.92 Å². The van der Waals surface area contributed by atoms with Gasteiger partial charge in [-0.15, -0.1) is 0 Å². The van der Waals surface area contributed by atoms with Gasteiger partial charge in [0.2, 0.25) is 5.91 Å². The highest BCUT2D eigenvalue weighted by atomic mass is 19.4. The molecule has 0 spiro atoms. The maximum Gasteiger partial charge on any atom is 0.416 e. The minimum Gasteiger partial charge on any atom is -0.378 e. The minimum atomic E-state index is -4.35. The van der Waals surface area contributed by atoms with E-state index in [1.54, 1.807) is 4.90 Å². The van der Waals surface area contributed by atoms with Gasteiger partial charge in [0.15, 0.2) is 0 Å². The lowest BCUT2D eigenvalue weighted by molar-refractivity contribution is -0.144. The number of amides is 1. The number of hydrogen-bond donors (Lipinski definition) is 0. The van der Waals surface area contributed by atoms with Crippen LogP contribution >= 0.6 is 0 Å². The van der Waals surface area contributed by atoms with Gasteiger partial charge in [-0.25, -0.2) is 0 Å². The van der Waals surface area contributed by atoms with E-state index in [-0.39, 0.29) is 17.9 Å². The topological polar surface area (TPSA) is 38.8 Å². The lowest BCUT2D eigenvalue weighted by atomic mass is 9.99. The van der Waals surface area contributed by atoms with Crippen molar-refractivity contribution in [2.45, 2.75) is 31.7 Å². The number of benzene rings is 1. The van der Waals surface area contributed by atoms with E-state index in [0.29, 0.717) is 38.3 Å². The lowest BCUT2D eigenvalue weighted by Crippen LogP contribution is -2.46. The number of alkyl halides is 3. The van der Waals surface area contributed by atoms with E-state index in [0.717, 1.165) is 12.1 Å². The fourth-order valence-electron chi connectivity index (χ4n) is 3.23. The molecule has 2 aliphatic rings. The zero-order valence-electron chi connectivity index (χ0n) is 13.4. The molecule has 4 nitrogen and oxygen atoms in total. The zero-order chi connectivity index (χ0) is 17.3. The summed E-state index contributed by atoms with van der Waals surface area (Å²) in [4.78, 5) is 14.4. The van der Waals surface area contributed by atoms with Gasteiger partial charge >= 0.3 is 6.18 Å². The number of nitrogens with zero attached hydrogens (tertiary/aromatic N) is 1. The van der Waals surface area contributed by atoms with E-state index >= 15 is 0 Å². The molecule has 2 saturated heterocycles. The molecular formula is C17H20F3NO3. The van der Waals surface area contributed by atoms with E-state index in [4.69, 9.17) is 9.47 Å². The molecule has 1 aromatic carbocycles.